The topological polar surface area (TPSA) is 78.1 Å². The summed E-state index contributed by atoms with van der Waals surface area (Å²) in [5.41, 5.74) is 0.971. The molecule has 1 aromatic heterocycles. The van der Waals surface area contributed by atoms with Gasteiger partial charge in [0.05, 0.1) is 12.1 Å². The predicted octanol–water partition coefficient (Wildman–Crippen LogP) is 1.17. The van der Waals surface area contributed by atoms with Gasteiger partial charge in [-0.2, -0.15) is 5.10 Å². The minimum Gasteiger partial charge on any atom is -0.339 e. The number of nitrogens with zero attached hydrogens (tertiary/aromatic N) is 2. The lowest BCUT2D eigenvalue weighted by molar-refractivity contribution is -0.129. The zero-order chi connectivity index (χ0) is 14.0. The van der Waals surface area contributed by atoms with E-state index in [2.05, 4.69) is 15.5 Å². The monoisotopic (exact) mass is 264 g/mol. The van der Waals surface area contributed by atoms with Gasteiger partial charge in [0.25, 0.3) is 0 Å². The lowest BCUT2D eigenvalue weighted by Crippen LogP contribution is -2.33. The van der Waals surface area contributed by atoms with Gasteiger partial charge in [-0.15, -0.1) is 0 Å². The van der Waals surface area contributed by atoms with Crippen molar-refractivity contribution < 1.29 is 9.59 Å². The molecule has 19 heavy (non-hydrogen) atoms. The largest absolute Gasteiger partial charge is 0.339 e. The number of amides is 2. The average Bonchev–Trinajstić information content (AvgIpc) is 2.95. The summed E-state index contributed by atoms with van der Waals surface area (Å²) < 4.78 is 0. The molecule has 1 aliphatic heterocycles. The molecular formula is C13H20N4O2. The Balaban J connectivity index is 2.00. The highest BCUT2D eigenvalue weighted by molar-refractivity contribution is 5.97. The molecule has 2 amide bonds. The SMILES string of the molecule is CCc1cn[nH]c1NC(=O)C1CC(=O)N(C(C)C)C1. The van der Waals surface area contributed by atoms with Crippen LogP contribution in [0.2, 0.25) is 0 Å². The van der Waals surface area contributed by atoms with E-state index in [1.165, 1.54) is 0 Å². The van der Waals surface area contributed by atoms with E-state index in [9.17, 15) is 9.59 Å². The molecule has 1 unspecified atom stereocenters. The number of carbonyl (C=O) groups is 2. The van der Waals surface area contributed by atoms with Crippen molar-refractivity contribution in [1.82, 2.24) is 15.1 Å². The lowest BCUT2D eigenvalue weighted by Gasteiger charge is -2.20. The van der Waals surface area contributed by atoms with Crippen molar-refractivity contribution in [2.45, 2.75) is 39.7 Å². The number of carbonyl (C=O) groups excluding carboxylic acids is 2. The van der Waals surface area contributed by atoms with E-state index in [-0.39, 0.29) is 23.8 Å². The summed E-state index contributed by atoms with van der Waals surface area (Å²) in [6.07, 6.45) is 2.79. The highest BCUT2D eigenvalue weighted by Crippen LogP contribution is 2.22. The molecule has 2 heterocycles. The molecule has 0 radical (unpaired) electrons. The van der Waals surface area contributed by atoms with Gasteiger partial charge in [0, 0.05) is 24.6 Å². The quantitative estimate of drug-likeness (QED) is 0.856. The maximum atomic E-state index is 12.2. The molecule has 0 spiro atoms. The second-order valence-electron chi connectivity index (χ2n) is 5.15. The molecule has 2 N–H and O–H groups in total. The van der Waals surface area contributed by atoms with Crippen LogP contribution in [0.4, 0.5) is 5.82 Å². The summed E-state index contributed by atoms with van der Waals surface area (Å²) in [4.78, 5) is 25.7. The van der Waals surface area contributed by atoms with Gasteiger partial charge in [0.2, 0.25) is 11.8 Å². The van der Waals surface area contributed by atoms with Gasteiger partial charge in [-0.25, -0.2) is 0 Å². The molecule has 1 saturated heterocycles. The smallest absolute Gasteiger partial charge is 0.230 e. The van der Waals surface area contributed by atoms with Crippen LogP contribution in [0.15, 0.2) is 6.20 Å². The highest BCUT2D eigenvalue weighted by Gasteiger charge is 2.35. The van der Waals surface area contributed by atoms with Gasteiger partial charge in [-0.3, -0.25) is 14.7 Å². The minimum absolute atomic E-state index is 0.0514. The molecular weight excluding hydrogens is 244 g/mol. The molecule has 104 valence electrons. The number of aryl methyl sites for hydroxylation is 1. The summed E-state index contributed by atoms with van der Waals surface area (Å²) in [5, 5.41) is 9.52. The average molecular weight is 264 g/mol. The molecule has 0 aromatic carbocycles. The maximum absolute atomic E-state index is 12.2. The number of aromatic nitrogens is 2. The van der Waals surface area contributed by atoms with Crippen molar-refractivity contribution in [2.75, 3.05) is 11.9 Å². The van der Waals surface area contributed by atoms with Crippen LogP contribution in [-0.4, -0.2) is 39.5 Å². The number of hydrogen-bond donors (Lipinski definition) is 2. The number of aromatic amines is 1. The van der Waals surface area contributed by atoms with E-state index in [0.717, 1.165) is 12.0 Å². The van der Waals surface area contributed by atoms with Crippen LogP contribution < -0.4 is 5.32 Å². The second kappa shape index (κ2) is 5.42. The fourth-order valence-corrected chi connectivity index (χ4v) is 2.32. The summed E-state index contributed by atoms with van der Waals surface area (Å²) in [7, 11) is 0. The third kappa shape index (κ3) is 2.77. The number of rotatable bonds is 4. The molecule has 0 saturated carbocycles. The number of H-pyrrole nitrogens is 1. The molecule has 0 bridgehead atoms. The van der Waals surface area contributed by atoms with Gasteiger partial charge < -0.3 is 10.2 Å². The van der Waals surface area contributed by atoms with E-state index in [0.29, 0.717) is 18.8 Å². The van der Waals surface area contributed by atoms with Crippen molar-refractivity contribution in [3.8, 4) is 0 Å². The van der Waals surface area contributed by atoms with Crippen molar-refractivity contribution in [3.63, 3.8) is 0 Å². The van der Waals surface area contributed by atoms with Gasteiger partial charge in [0.1, 0.15) is 5.82 Å². The van der Waals surface area contributed by atoms with Crippen LogP contribution in [0, 0.1) is 5.92 Å². The molecule has 1 fully saturated rings. The summed E-state index contributed by atoms with van der Waals surface area (Å²) >= 11 is 0. The molecule has 2 rings (SSSR count). The Bertz CT molecular complexity index is 481. The van der Waals surface area contributed by atoms with Crippen molar-refractivity contribution in [1.29, 1.82) is 0 Å². The highest BCUT2D eigenvalue weighted by atomic mass is 16.2. The van der Waals surface area contributed by atoms with Gasteiger partial charge >= 0.3 is 0 Å². The zero-order valence-electron chi connectivity index (χ0n) is 11.6. The fraction of sp³-hybridized carbons (Fsp3) is 0.615. The first-order valence-electron chi connectivity index (χ1n) is 6.65. The molecule has 1 atom stereocenters. The van der Waals surface area contributed by atoms with E-state index >= 15 is 0 Å². The zero-order valence-corrected chi connectivity index (χ0v) is 11.6. The first kappa shape index (κ1) is 13.6. The first-order valence-corrected chi connectivity index (χ1v) is 6.65. The molecule has 1 aliphatic rings. The number of nitrogens with one attached hydrogen (secondary N) is 2. The van der Waals surface area contributed by atoms with E-state index in [1.807, 2.05) is 20.8 Å². The van der Waals surface area contributed by atoms with Crippen molar-refractivity contribution in [2.24, 2.45) is 5.92 Å². The van der Waals surface area contributed by atoms with Crippen LogP contribution >= 0.6 is 0 Å². The first-order chi connectivity index (χ1) is 9.02. The summed E-state index contributed by atoms with van der Waals surface area (Å²) in [6.45, 7) is 6.42. The third-order valence-electron chi connectivity index (χ3n) is 3.50. The second-order valence-corrected chi connectivity index (χ2v) is 5.15. The normalized spacial score (nSPS) is 19.3. The third-order valence-corrected chi connectivity index (χ3v) is 3.50. The van der Waals surface area contributed by atoms with Crippen LogP contribution in [0.3, 0.4) is 0 Å². The van der Waals surface area contributed by atoms with Gasteiger partial charge in [0.15, 0.2) is 0 Å². The van der Waals surface area contributed by atoms with Gasteiger partial charge in [-0.05, 0) is 20.3 Å². The molecule has 0 aliphatic carbocycles. The molecule has 6 heteroatoms. The maximum Gasteiger partial charge on any atom is 0.230 e. The number of likely N-dealkylation sites (tertiary alicyclic amines) is 1. The number of hydrogen-bond acceptors (Lipinski definition) is 3. The fourth-order valence-electron chi connectivity index (χ4n) is 2.32. The van der Waals surface area contributed by atoms with Crippen molar-refractivity contribution in [3.05, 3.63) is 11.8 Å². The Morgan fingerprint density at radius 2 is 2.37 bits per heavy atom. The van der Waals surface area contributed by atoms with Gasteiger partial charge in [-0.1, -0.05) is 6.92 Å². The van der Waals surface area contributed by atoms with E-state index in [4.69, 9.17) is 0 Å². The Hall–Kier alpha value is -1.85. The predicted molar refractivity (Wildman–Crippen MR) is 71.6 cm³/mol. The Morgan fingerprint density at radius 1 is 1.63 bits per heavy atom. The van der Waals surface area contributed by atoms with Crippen LogP contribution in [0.25, 0.3) is 0 Å². The Labute approximate surface area is 112 Å². The molecule has 6 nitrogen and oxygen atoms in total. The van der Waals surface area contributed by atoms with E-state index in [1.54, 1.807) is 11.1 Å². The lowest BCUT2D eigenvalue weighted by atomic mass is 10.1. The summed E-state index contributed by atoms with van der Waals surface area (Å²) in [5.74, 6) is 0.303. The van der Waals surface area contributed by atoms with Crippen LogP contribution in [0.5, 0.6) is 0 Å². The summed E-state index contributed by atoms with van der Waals surface area (Å²) in [6, 6.07) is 0.142. The number of anilines is 1. The van der Waals surface area contributed by atoms with E-state index < -0.39 is 0 Å². The van der Waals surface area contributed by atoms with Crippen LogP contribution in [0.1, 0.15) is 32.8 Å². The van der Waals surface area contributed by atoms with Crippen LogP contribution in [-0.2, 0) is 16.0 Å². The minimum atomic E-state index is -0.275. The Kier molecular flexibility index (Phi) is 3.87. The van der Waals surface area contributed by atoms with Crippen molar-refractivity contribution >= 4 is 17.6 Å². The Morgan fingerprint density at radius 3 is 2.95 bits per heavy atom. The molecule has 1 aromatic rings. The standard InChI is InChI=1S/C13H20N4O2/c1-4-9-6-14-16-12(9)15-13(19)10-5-11(18)17(7-10)8(2)3/h6,8,10H,4-5,7H2,1-3H3,(H2,14,15,16,19).